The van der Waals surface area contributed by atoms with Crippen molar-refractivity contribution in [1.29, 1.82) is 0 Å². The molecular formula is C26H30ClN9. The van der Waals surface area contributed by atoms with E-state index >= 15 is 0 Å². The lowest BCUT2D eigenvalue weighted by Crippen LogP contribution is -2.45. The minimum atomic E-state index is -0.599. The monoisotopic (exact) mass is 503 g/mol. The third-order valence-electron chi connectivity index (χ3n) is 7.38. The minimum absolute atomic E-state index is 0.186. The van der Waals surface area contributed by atoms with E-state index in [1.54, 1.807) is 12.4 Å². The van der Waals surface area contributed by atoms with Gasteiger partial charge < -0.3 is 21.7 Å². The summed E-state index contributed by atoms with van der Waals surface area (Å²) in [5.74, 6) is 1.61. The predicted molar refractivity (Wildman–Crippen MR) is 142 cm³/mol. The zero-order valence-electron chi connectivity index (χ0n) is 20.1. The number of aromatic nitrogens is 5. The van der Waals surface area contributed by atoms with E-state index in [0.29, 0.717) is 16.5 Å². The first-order valence-electron chi connectivity index (χ1n) is 12.5. The van der Waals surface area contributed by atoms with Gasteiger partial charge in [-0.25, -0.2) is 19.9 Å². The zero-order chi connectivity index (χ0) is 24.7. The highest BCUT2D eigenvalue weighted by atomic mass is 35.5. The molecule has 0 radical (unpaired) electrons. The first kappa shape index (κ1) is 23.3. The summed E-state index contributed by atoms with van der Waals surface area (Å²) in [5.41, 5.74) is 16.5. The maximum absolute atomic E-state index is 6.73. The van der Waals surface area contributed by atoms with Crippen LogP contribution in [0, 0.1) is 0 Å². The molecule has 5 N–H and O–H groups in total. The normalized spacial score (nSPS) is 22.8. The number of nitrogens with zero attached hydrogens (tertiary/aromatic N) is 6. The molecule has 10 heteroatoms. The highest BCUT2D eigenvalue weighted by Crippen LogP contribution is 2.35. The Morgan fingerprint density at radius 2 is 1.72 bits per heavy atom. The highest BCUT2D eigenvalue weighted by molar-refractivity contribution is 6.32. The molecule has 36 heavy (non-hydrogen) atoms. The molecule has 0 unspecified atom stereocenters. The number of rotatable bonds is 4. The molecule has 5 heterocycles. The topological polar surface area (TPSA) is 123 Å². The van der Waals surface area contributed by atoms with Crippen molar-refractivity contribution in [2.75, 3.05) is 31.1 Å². The average Bonchev–Trinajstić information content (AvgIpc) is 3.34. The third kappa shape index (κ3) is 4.32. The summed E-state index contributed by atoms with van der Waals surface area (Å²) < 4.78 is 2.01. The van der Waals surface area contributed by atoms with Gasteiger partial charge in [-0.2, -0.15) is 0 Å². The number of hydrogen-bond donors (Lipinski definition) is 3. The molecule has 0 amide bonds. The van der Waals surface area contributed by atoms with Crippen LogP contribution in [0.25, 0.3) is 28.2 Å². The second kappa shape index (κ2) is 9.40. The molecule has 1 saturated heterocycles. The van der Waals surface area contributed by atoms with Crippen LogP contribution in [-0.2, 0) is 5.54 Å². The van der Waals surface area contributed by atoms with Crippen LogP contribution >= 0.6 is 11.6 Å². The van der Waals surface area contributed by atoms with Gasteiger partial charge in [0.15, 0.2) is 0 Å². The summed E-state index contributed by atoms with van der Waals surface area (Å²) in [5, 5.41) is 3.84. The Morgan fingerprint density at radius 3 is 2.47 bits per heavy atom. The van der Waals surface area contributed by atoms with Crippen molar-refractivity contribution >= 4 is 23.1 Å². The van der Waals surface area contributed by atoms with Gasteiger partial charge in [-0.3, -0.25) is 4.40 Å². The van der Waals surface area contributed by atoms with Crippen LogP contribution in [0.1, 0.15) is 31.5 Å². The average molecular weight is 504 g/mol. The molecule has 1 aliphatic heterocycles. The Bertz CT molecular complexity index is 1370. The number of halogens is 1. The fourth-order valence-corrected chi connectivity index (χ4v) is 5.32. The van der Waals surface area contributed by atoms with Crippen LogP contribution in [0.15, 0.2) is 49.1 Å². The van der Waals surface area contributed by atoms with Gasteiger partial charge in [0, 0.05) is 61.9 Å². The number of piperazine rings is 1. The molecule has 9 nitrogen and oxygen atoms in total. The van der Waals surface area contributed by atoms with Crippen molar-refractivity contribution in [3.05, 3.63) is 59.9 Å². The Morgan fingerprint density at radius 1 is 0.944 bits per heavy atom. The van der Waals surface area contributed by atoms with Crippen molar-refractivity contribution in [2.45, 2.75) is 37.3 Å². The van der Waals surface area contributed by atoms with Crippen LogP contribution in [0.5, 0.6) is 0 Å². The molecule has 2 fully saturated rings. The Labute approximate surface area is 214 Å². The lowest BCUT2D eigenvalue weighted by atomic mass is 9.80. The highest BCUT2D eigenvalue weighted by Gasteiger charge is 2.35. The van der Waals surface area contributed by atoms with E-state index in [1.807, 2.05) is 16.7 Å². The van der Waals surface area contributed by atoms with Crippen molar-refractivity contribution in [1.82, 2.24) is 29.7 Å². The van der Waals surface area contributed by atoms with Gasteiger partial charge in [-0.15, -0.1) is 0 Å². The second-order valence-electron chi connectivity index (χ2n) is 9.82. The van der Waals surface area contributed by atoms with E-state index in [1.165, 1.54) is 0 Å². The molecule has 2 aliphatic rings. The van der Waals surface area contributed by atoms with E-state index in [0.717, 1.165) is 80.1 Å². The van der Waals surface area contributed by atoms with Gasteiger partial charge >= 0.3 is 0 Å². The lowest BCUT2D eigenvalue weighted by molar-refractivity contribution is 0.265. The molecule has 4 aromatic heterocycles. The van der Waals surface area contributed by atoms with E-state index in [-0.39, 0.29) is 6.04 Å². The lowest BCUT2D eigenvalue weighted by Gasteiger charge is -2.34. The number of hydrogen-bond acceptors (Lipinski definition) is 8. The van der Waals surface area contributed by atoms with Gasteiger partial charge in [0.25, 0.3) is 0 Å². The van der Waals surface area contributed by atoms with Crippen molar-refractivity contribution in [3.63, 3.8) is 0 Å². The molecule has 1 aliphatic carbocycles. The molecule has 0 bridgehead atoms. The van der Waals surface area contributed by atoms with Crippen LogP contribution in [0.4, 0.5) is 5.82 Å². The van der Waals surface area contributed by atoms with Gasteiger partial charge in [0.2, 0.25) is 0 Å². The number of nitrogens with one attached hydrogen (secondary N) is 1. The SMILES string of the molecule is NC1CCC(N)(c2ncc(Cl)c(-c3cnc4ccc(-c5ccc(N6CCNCC6)nc5)cn34)n2)CC1. The van der Waals surface area contributed by atoms with Crippen LogP contribution in [0.3, 0.4) is 0 Å². The smallest absolute Gasteiger partial charge is 0.148 e. The summed E-state index contributed by atoms with van der Waals surface area (Å²) in [6.45, 7) is 3.90. The minimum Gasteiger partial charge on any atom is -0.354 e. The second-order valence-corrected chi connectivity index (χ2v) is 10.2. The van der Waals surface area contributed by atoms with Crippen molar-refractivity contribution in [3.8, 4) is 22.5 Å². The molecule has 0 aromatic carbocycles. The van der Waals surface area contributed by atoms with Crippen molar-refractivity contribution < 1.29 is 0 Å². The molecule has 186 valence electrons. The van der Waals surface area contributed by atoms with Crippen LogP contribution in [0.2, 0.25) is 5.02 Å². The van der Waals surface area contributed by atoms with Crippen LogP contribution in [-0.4, -0.2) is 56.6 Å². The first-order chi connectivity index (χ1) is 17.5. The van der Waals surface area contributed by atoms with Gasteiger partial charge in [-0.05, 0) is 49.9 Å². The summed E-state index contributed by atoms with van der Waals surface area (Å²) >= 11 is 6.60. The van der Waals surface area contributed by atoms with E-state index in [4.69, 9.17) is 33.0 Å². The summed E-state index contributed by atoms with van der Waals surface area (Å²) in [6, 6.07) is 8.44. The molecule has 0 spiro atoms. The fourth-order valence-electron chi connectivity index (χ4n) is 5.13. The predicted octanol–water partition coefficient (Wildman–Crippen LogP) is 2.97. The third-order valence-corrected chi connectivity index (χ3v) is 7.66. The van der Waals surface area contributed by atoms with E-state index in [9.17, 15) is 0 Å². The van der Waals surface area contributed by atoms with Crippen LogP contribution < -0.4 is 21.7 Å². The number of fused-ring (bicyclic) bond motifs is 1. The standard InChI is InChI=1S/C26H30ClN9/c27-20-14-33-25(26(29)7-5-19(28)6-8-26)34-24(20)21-15-32-23-4-2-18(16-36(21)23)17-1-3-22(31-13-17)35-11-9-30-10-12-35/h1-4,13-16,19,30H,5-12,28-29H2. The molecular weight excluding hydrogens is 474 g/mol. The first-order valence-corrected chi connectivity index (χ1v) is 12.8. The van der Waals surface area contributed by atoms with Gasteiger partial charge in [0.1, 0.15) is 23.0 Å². The number of pyridine rings is 2. The molecule has 4 aromatic rings. The summed E-state index contributed by atoms with van der Waals surface area (Å²) in [7, 11) is 0. The number of imidazole rings is 1. The molecule has 0 atom stereocenters. The Balaban J connectivity index is 1.34. The molecule has 6 rings (SSSR count). The Kier molecular flexibility index (Phi) is 6.08. The maximum atomic E-state index is 6.73. The maximum Gasteiger partial charge on any atom is 0.148 e. The summed E-state index contributed by atoms with van der Waals surface area (Å²) in [4.78, 5) is 21.0. The van der Waals surface area contributed by atoms with Gasteiger partial charge in [0.05, 0.1) is 22.5 Å². The largest absolute Gasteiger partial charge is 0.354 e. The fraction of sp³-hybridized carbons (Fsp3) is 0.385. The Hall–Kier alpha value is -3.11. The van der Waals surface area contributed by atoms with Gasteiger partial charge in [-0.1, -0.05) is 11.6 Å². The van der Waals surface area contributed by atoms with E-state index < -0.39 is 5.54 Å². The van der Waals surface area contributed by atoms with E-state index in [2.05, 4.69) is 44.6 Å². The number of anilines is 1. The quantitative estimate of drug-likeness (QED) is 0.388. The number of nitrogens with two attached hydrogens (primary N) is 2. The van der Waals surface area contributed by atoms with Crippen molar-refractivity contribution in [2.24, 2.45) is 11.5 Å². The molecule has 1 saturated carbocycles. The summed E-state index contributed by atoms with van der Waals surface area (Å²) in [6.07, 6.45) is 10.6. The zero-order valence-corrected chi connectivity index (χ0v) is 20.8.